The summed E-state index contributed by atoms with van der Waals surface area (Å²) in [6, 6.07) is 11.7. The number of amides is 1. The van der Waals surface area contributed by atoms with Gasteiger partial charge in [0.25, 0.3) is 5.91 Å². The van der Waals surface area contributed by atoms with Gasteiger partial charge in [-0.3, -0.25) is 9.59 Å². The Morgan fingerprint density at radius 3 is 2.54 bits per heavy atom. The van der Waals surface area contributed by atoms with Crippen molar-refractivity contribution in [1.29, 1.82) is 0 Å². The number of aliphatic hydroxyl groups is 2. The molecule has 1 fully saturated rings. The van der Waals surface area contributed by atoms with Crippen LogP contribution >= 0.6 is 11.6 Å². The van der Waals surface area contributed by atoms with Crippen molar-refractivity contribution in [2.75, 3.05) is 33.1 Å². The Kier molecular flexibility index (Phi) is 10.4. The van der Waals surface area contributed by atoms with Gasteiger partial charge in [0.2, 0.25) is 0 Å². The minimum absolute atomic E-state index is 0.0455. The maximum Gasteiger partial charge on any atom is 0.341 e. The number of likely N-dealkylation sites (N-methyl/N-ethyl adjacent to an activating group) is 1. The van der Waals surface area contributed by atoms with Crippen molar-refractivity contribution < 1.29 is 57.8 Å². The number of rotatable bonds is 6. The van der Waals surface area contributed by atoms with E-state index in [0.717, 1.165) is 0 Å². The lowest BCUT2D eigenvalue weighted by Crippen LogP contribution is -2.67. The molecular formula is C43H44ClN3O12. The highest BCUT2D eigenvalue weighted by Crippen LogP contribution is 2.57. The van der Waals surface area contributed by atoms with Gasteiger partial charge >= 0.3 is 11.9 Å². The van der Waals surface area contributed by atoms with Crippen molar-refractivity contribution in [2.45, 2.75) is 74.3 Å². The molecule has 8 atom stereocenters. The number of allylic oxidation sites excluding steroid dienone is 2. The summed E-state index contributed by atoms with van der Waals surface area (Å²) in [5.41, 5.74) is 6.86. The lowest BCUT2D eigenvalue weighted by atomic mass is 9.86. The second-order valence-electron chi connectivity index (χ2n) is 15.8. The maximum absolute atomic E-state index is 14.1. The van der Waals surface area contributed by atoms with Crippen molar-refractivity contribution in [3.05, 3.63) is 112 Å². The van der Waals surface area contributed by atoms with Crippen LogP contribution in [-0.4, -0.2) is 96.5 Å². The van der Waals surface area contributed by atoms with E-state index in [1.165, 1.54) is 19.2 Å². The van der Waals surface area contributed by atoms with E-state index in [-0.39, 0.29) is 45.7 Å². The van der Waals surface area contributed by atoms with E-state index in [1.807, 2.05) is 19.9 Å². The molecule has 6 aliphatic heterocycles. The predicted octanol–water partition coefficient (Wildman–Crippen LogP) is 4.67. The van der Waals surface area contributed by atoms with Gasteiger partial charge in [0.15, 0.2) is 35.6 Å². The maximum atomic E-state index is 14.1. The van der Waals surface area contributed by atoms with E-state index in [4.69, 9.17) is 50.5 Å². The second-order valence-corrected chi connectivity index (χ2v) is 16.2. The summed E-state index contributed by atoms with van der Waals surface area (Å²) in [7, 11) is 5.00. The van der Waals surface area contributed by atoms with E-state index in [2.05, 4.69) is 11.9 Å². The number of carbonyl (C=O) groups excluding carboxylic acids is 3. The minimum atomic E-state index is -1.46. The molecular weight excluding hydrogens is 786 g/mol. The number of fused-ring (bicyclic) bond motifs is 2. The van der Waals surface area contributed by atoms with Crippen LogP contribution in [0.4, 0.5) is 5.69 Å². The Labute approximate surface area is 344 Å². The quantitative estimate of drug-likeness (QED) is 0.198. The van der Waals surface area contributed by atoms with Gasteiger partial charge in [-0.05, 0) is 80.5 Å². The SMILES string of the molecule is C=C1Oc2cc(OC)cc(C(=O)O[C@H]3COC(=O)C[C@H](N)c4ccc(c(Cl)c4)O[C@@H]4c5ccc3cc5C3=CC=C[C@@]34OC3OC(C)(C)C(N(C)C)C(O)C3O)c2NC1=O. The molecule has 310 valence electrons. The van der Waals surface area contributed by atoms with E-state index < -0.39 is 78.4 Å². The number of hydrogen-bond donors (Lipinski definition) is 4. The normalized spacial score (nSPS) is 29.2. The van der Waals surface area contributed by atoms with Crippen LogP contribution in [0.3, 0.4) is 0 Å². The average Bonchev–Trinajstić information content (AvgIpc) is 3.70. The highest BCUT2D eigenvalue weighted by molar-refractivity contribution is 6.32. The molecule has 4 unspecified atom stereocenters. The summed E-state index contributed by atoms with van der Waals surface area (Å²) in [5.74, 6) is -1.73. The van der Waals surface area contributed by atoms with Crippen LogP contribution in [-0.2, 0) is 28.5 Å². The number of nitrogens with two attached hydrogens (primary N) is 1. The molecule has 2 aliphatic carbocycles. The van der Waals surface area contributed by atoms with Crippen molar-refractivity contribution in [3.8, 4) is 17.2 Å². The Bertz CT molecular complexity index is 2330. The molecule has 15 nitrogen and oxygen atoms in total. The molecule has 3 aromatic carbocycles. The third-order valence-corrected chi connectivity index (χ3v) is 11.6. The number of esters is 2. The molecule has 59 heavy (non-hydrogen) atoms. The molecule has 1 saturated heterocycles. The molecule has 16 heteroatoms. The van der Waals surface area contributed by atoms with Crippen molar-refractivity contribution in [1.82, 2.24) is 4.90 Å². The minimum Gasteiger partial charge on any atom is -0.497 e. The first-order valence-corrected chi connectivity index (χ1v) is 19.3. The lowest BCUT2D eigenvalue weighted by Gasteiger charge is -2.51. The van der Waals surface area contributed by atoms with Crippen molar-refractivity contribution in [3.63, 3.8) is 0 Å². The summed E-state index contributed by atoms with van der Waals surface area (Å²) in [5, 5.41) is 25.8. The highest BCUT2D eigenvalue weighted by Gasteiger charge is 2.58. The first-order chi connectivity index (χ1) is 28.0. The van der Waals surface area contributed by atoms with Gasteiger partial charge in [0, 0.05) is 17.7 Å². The van der Waals surface area contributed by atoms with Crippen LogP contribution in [0.25, 0.3) is 5.57 Å². The van der Waals surface area contributed by atoms with Crippen LogP contribution in [0, 0.1) is 0 Å². The topological polar surface area (TPSA) is 198 Å². The van der Waals surface area contributed by atoms with Crippen LogP contribution in [0.1, 0.15) is 71.1 Å². The Hall–Kier alpha value is -5.26. The number of hydrogen-bond acceptors (Lipinski definition) is 14. The number of benzene rings is 3. The molecule has 1 amide bonds. The lowest BCUT2D eigenvalue weighted by molar-refractivity contribution is -0.329. The standard InChI is InChI=1S/C43H44ClN3O12/c1-20-39(51)46-34-26(16-23(53-6)17-31(34)55-20)40(52)57-32-19-54-33(48)18-29(45)21-10-12-30(28(44)15-21)56-38-24-11-9-22(32)14-25(24)27-8-7-13-43(27,38)59-41-36(50)35(49)37(47(4)5)42(2,3)58-41/h7-17,29,32,35-38,41,49-50H,1,18-19,45H2,2-6H3,(H,46,51)/t29-,32-,35?,36?,37?,38+,41?,43+/m0/s1. The van der Waals surface area contributed by atoms with Crippen LogP contribution in [0.15, 0.2) is 79.1 Å². The van der Waals surface area contributed by atoms with Crippen molar-refractivity contribution >= 4 is 40.7 Å². The fourth-order valence-electron chi connectivity index (χ4n) is 8.56. The Morgan fingerprint density at radius 2 is 1.81 bits per heavy atom. The van der Waals surface area contributed by atoms with Crippen LogP contribution < -0.4 is 25.3 Å². The zero-order chi connectivity index (χ0) is 42.1. The number of carbonyl (C=O) groups is 3. The van der Waals surface area contributed by atoms with Gasteiger partial charge in [0.1, 0.15) is 30.3 Å². The van der Waals surface area contributed by atoms with E-state index >= 15 is 0 Å². The molecule has 0 radical (unpaired) electrons. The molecule has 8 aliphatic rings. The third-order valence-electron chi connectivity index (χ3n) is 11.3. The van der Waals surface area contributed by atoms with Gasteiger partial charge in [-0.15, -0.1) is 0 Å². The number of ether oxygens (including phenoxy) is 7. The van der Waals surface area contributed by atoms with Gasteiger partial charge < -0.3 is 59.3 Å². The van der Waals surface area contributed by atoms with E-state index in [9.17, 15) is 24.6 Å². The van der Waals surface area contributed by atoms with Gasteiger partial charge in [0.05, 0.1) is 41.4 Å². The molecule has 0 saturated carbocycles. The smallest absolute Gasteiger partial charge is 0.341 e. The molecule has 3 aromatic rings. The van der Waals surface area contributed by atoms with Gasteiger partial charge in [-0.2, -0.15) is 0 Å². The zero-order valence-corrected chi connectivity index (χ0v) is 33.6. The number of nitrogens with one attached hydrogen (secondary N) is 1. The predicted molar refractivity (Wildman–Crippen MR) is 213 cm³/mol. The van der Waals surface area contributed by atoms with Crippen LogP contribution in [0.5, 0.6) is 17.2 Å². The number of methoxy groups -OCH3 is 1. The molecule has 5 N–H and O–H groups in total. The van der Waals surface area contributed by atoms with E-state index in [0.29, 0.717) is 27.8 Å². The average molecular weight is 830 g/mol. The van der Waals surface area contributed by atoms with Gasteiger partial charge in [-0.1, -0.05) is 48.5 Å². The molecule has 0 aromatic heterocycles. The molecule has 11 rings (SSSR count). The fraction of sp³-hybridized carbons (Fsp3) is 0.372. The zero-order valence-electron chi connectivity index (χ0n) is 32.9. The van der Waals surface area contributed by atoms with Gasteiger partial charge in [-0.25, -0.2) is 4.79 Å². The number of nitrogens with zero attached hydrogens (tertiary/aromatic N) is 1. The molecule has 0 spiro atoms. The van der Waals surface area contributed by atoms with Crippen LogP contribution in [0.2, 0.25) is 5.02 Å². The fourth-order valence-corrected chi connectivity index (χ4v) is 8.79. The summed E-state index contributed by atoms with van der Waals surface area (Å²) in [6.45, 7) is 6.82. The Morgan fingerprint density at radius 1 is 1.05 bits per heavy atom. The van der Waals surface area contributed by atoms with E-state index in [1.54, 1.807) is 67.5 Å². The second kappa shape index (κ2) is 15.1. The third kappa shape index (κ3) is 7.05. The highest BCUT2D eigenvalue weighted by atomic mass is 35.5. The largest absolute Gasteiger partial charge is 0.497 e. The molecule has 6 heterocycles. The molecule has 6 bridgehead atoms. The Balaban J connectivity index is 1.22. The summed E-state index contributed by atoms with van der Waals surface area (Å²) in [6.07, 6.45) is -0.949. The first-order valence-electron chi connectivity index (χ1n) is 18.9. The number of aliphatic hydroxyl groups excluding tert-OH is 2. The summed E-state index contributed by atoms with van der Waals surface area (Å²) < 4.78 is 42.9. The number of halogens is 1. The van der Waals surface area contributed by atoms with Crippen molar-refractivity contribution in [2.24, 2.45) is 5.73 Å². The summed E-state index contributed by atoms with van der Waals surface area (Å²) in [4.78, 5) is 41.7. The first kappa shape index (κ1) is 40.5. The summed E-state index contributed by atoms with van der Waals surface area (Å²) >= 11 is 6.82. The number of anilines is 1. The monoisotopic (exact) mass is 829 g/mol.